The van der Waals surface area contributed by atoms with Crippen LogP contribution in [0.15, 0.2) is 41.5 Å². The van der Waals surface area contributed by atoms with Gasteiger partial charge in [-0.1, -0.05) is 6.07 Å². The summed E-state index contributed by atoms with van der Waals surface area (Å²) >= 11 is 0. The number of hydrogen-bond donors (Lipinski definition) is 2. The fourth-order valence-corrected chi connectivity index (χ4v) is 4.27. The molecule has 1 fully saturated rings. The van der Waals surface area contributed by atoms with E-state index in [0.29, 0.717) is 12.6 Å². The Kier molecular flexibility index (Phi) is 6.79. The minimum absolute atomic E-state index is 0.217. The Morgan fingerprint density at radius 1 is 1.29 bits per heavy atom. The van der Waals surface area contributed by atoms with E-state index in [1.54, 1.807) is 7.11 Å². The summed E-state index contributed by atoms with van der Waals surface area (Å²) in [4.78, 5) is 11.7. The fourth-order valence-electron chi connectivity index (χ4n) is 4.27. The molecule has 0 aliphatic carbocycles. The van der Waals surface area contributed by atoms with E-state index in [2.05, 4.69) is 52.6 Å². The van der Waals surface area contributed by atoms with Crippen molar-refractivity contribution >= 4 is 11.8 Å². The van der Waals surface area contributed by atoms with Gasteiger partial charge < -0.3 is 25.0 Å². The van der Waals surface area contributed by atoms with Gasteiger partial charge in [-0.3, -0.25) is 0 Å². The molecule has 2 N–H and O–H groups in total. The number of benzene rings is 1. The van der Waals surface area contributed by atoms with Gasteiger partial charge >= 0.3 is 0 Å². The average Bonchev–Trinajstić information content (AvgIpc) is 3.16. The van der Waals surface area contributed by atoms with Gasteiger partial charge in [-0.2, -0.15) is 0 Å². The average molecular weight is 424 g/mol. The minimum Gasteiger partial charge on any atom is -0.496 e. The van der Waals surface area contributed by atoms with Gasteiger partial charge in [0.1, 0.15) is 23.4 Å². The van der Waals surface area contributed by atoms with Crippen LogP contribution in [0.25, 0.3) is 0 Å². The smallest absolute Gasteiger partial charge is 0.191 e. The standard InChI is InChI=1S/C24H33N5O2/c1-4-25-24(28-20-8-11-29(12-9-20)23-7-5-6-10-26-23)27-16-19-15-22-18(13-17(2)31-22)14-21(19)30-3/h5-7,10,14-15,17,20H,4,8-9,11-13,16H2,1-3H3,(H2,25,27,28). The molecule has 1 aromatic carbocycles. The molecule has 1 saturated heterocycles. The third-order valence-electron chi connectivity index (χ3n) is 5.86. The van der Waals surface area contributed by atoms with Crippen molar-refractivity contribution < 1.29 is 9.47 Å². The number of anilines is 1. The second-order valence-corrected chi connectivity index (χ2v) is 8.19. The van der Waals surface area contributed by atoms with E-state index in [9.17, 15) is 0 Å². The first kappa shape index (κ1) is 21.3. The zero-order valence-electron chi connectivity index (χ0n) is 18.7. The number of piperidine rings is 1. The molecular formula is C24H33N5O2. The van der Waals surface area contributed by atoms with Gasteiger partial charge in [-0.25, -0.2) is 9.98 Å². The van der Waals surface area contributed by atoms with Crippen molar-refractivity contribution in [3.8, 4) is 11.5 Å². The molecule has 2 aromatic rings. The highest BCUT2D eigenvalue weighted by Gasteiger charge is 2.23. The maximum Gasteiger partial charge on any atom is 0.191 e. The molecule has 0 amide bonds. The number of fused-ring (bicyclic) bond motifs is 1. The molecule has 7 nitrogen and oxygen atoms in total. The lowest BCUT2D eigenvalue weighted by atomic mass is 10.1. The second-order valence-electron chi connectivity index (χ2n) is 8.19. The van der Waals surface area contributed by atoms with Crippen LogP contribution in [0.2, 0.25) is 0 Å². The molecule has 0 saturated carbocycles. The number of aliphatic imine (C=N–C) groups is 1. The summed E-state index contributed by atoms with van der Waals surface area (Å²) in [5, 5.41) is 7.00. The summed E-state index contributed by atoms with van der Waals surface area (Å²) in [6.07, 6.45) is 5.10. The Labute approximate surface area is 184 Å². The van der Waals surface area contributed by atoms with Gasteiger partial charge in [-0.05, 0) is 51.0 Å². The van der Waals surface area contributed by atoms with Gasteiger partial charge in [0, 0.05) is 49.4 Å². The normalized spacial score (nSPS) is 19.0. The molecule has 1 atom stereocenters. The number of nitrogens with one attached hydrogen (secondary N) is 2. The lowest BCUT2D eigenvalue weighted by molar-refractivity contribution is 0.254. The van der Waals surface area contributed by atoms with Crippen molar-refractivity contribution in [1.82, 2.24) is 15.6 Å². The molecule has 0 bridgehead atoms. The molecule has 0 spiro atoms. The van der Waals surface area contributed by atoms with Crippen LogP contribution >= 0.6 is 0 Å². The number of nitrogens with zero attached hydrogens (tertiary/aromatic N) is 3. The van der Waals surface area contributed by atoms with Crippen molar-refractivity contribution in [3.05, 3.63) is 47.7 Å². The Bertz CT molecular complexity index is 894. The number of aromatic nitrogens is 1. The molecule has 3 heterocycles. The molecule has 4 rings (SSSR count). The first-order valence-corrected chi connectivity index (χ1v) is 11.2. The van der Waals surface area contributed by atoms with Crippen molar-refractivity contribution in [2.24, 2.45) is 4.99 Å². The zero-order chi connectivity index (χ0) is 21.6. The van der Waals surface area contributed by atoms with Gasteiger partial charge in [0.15, 0.2) is 5.96 Å². The van der Waals surface area contributed by atoms with Crippen LogP contribution in [-0.2, 0) is 13.0 Å². The molecule has 0 radical (unpaired) electrons. The maximum atomic E-state index is 5.92. The summed E-state index contributed by atoms with van der Waals surface area (Å²) in [6.45, 7) is 7.52. The molecule has 166 valence electrons. The summed E-state index contributed by atoms with van der Waals surface area (Å²) in [7, 11) is 1.72. The first-order valence-electron chi connectivity index (χ1n) is 11.2. The highest BCUT2D eigenvalue weighted by atomic mass is 16.5. The number of methoxy groups -OCH3 is 1. The summed E-state index contributed by atoms with van der Waals surface area (Å²) in [5.74, 6) is 3.73. The van der Waals surface area contributed by atoms with E-state index in [-0.39, 0.29) is 6.10 Å². The molecule has 2 aliphatic heterocycles. The topological polar surface area (TPSA) is 71.0 Å². The lowest BCUT2D eigenvalue weighted by Gasteiger charge is -2.33. The van der Waals surface area contributed by atoms with E-state index in [0.717, 1.165) is 67.7 Å². The lowest BCUT2D eigenvalue weighted by Crippen LogP contribution is -2.48. The van der Waals surface area contributed by atoms with Crippen LogP contribution in [0, 0.1) is 0 Å². The Morgan fingerprint density at radius 2 is 2.13 bits per heavy atom. The monoisotopic (exact) mass is 423 g/mol. The van der Waals surface area contributed by atoms with Gasteiger partial charge in [-0.15, -0.1) is 0 Å². The molecule has 1 aromatic heterocycles. The van der Waals surface area contributed by atoms with Gasteiger partial charge in [0.05, 0.1) is 13.7 Å². The number of pyridine rings is 1. The number of guanidine groups is 1. The van der Waals surface area contributed by atoms with Crippen LogP contribution in [0.3, 0.4) is 0 Å². The van der Waals surface area contributed by atoms with E-state index in [1.807, 2.05) is 18.3 Å². The highest BCUT2D eigenvalue weighted by Crippen LogP contribution is 2.35. The number of ether oxygens (including phenoxy) is 2. The van der Waals surface area contributed by atoms with Gasteiger partial charge in [0.2, 0.25) is 0 Å². The van der Waals surface area contributed by atoms with Crippen LogP contribution in [0.5, 0.6) is 11.5 Å². The van der Waals surface area contributed by atoms with Gasteiger partial charge in [0.25, 0.3) is 0 Å². The van der Waals surface area contributed by atoms with Crippen LogP contribution in [0.1, 0.15) is 37.8 Å². The molecular weight excluding hydrogens is 390 g/mol. The predicted molar refractivity (Wildman–Crippen MR) is 124 cm³/mol. The quantitative estimate of drug-likeness (QED) is 0.550. The second kappa shape index (κ2) is 9.90. The fraction of sp³-hybridized carbons (Fsp3) is 0.500. The van der Waals surface area contributed by atoms with Crippen LogP contribution in [-0.4, -0.2) is 49.8 Å². The van der Waals surface area contributed by atoms with E-state index < -0.39 is 0 Å². The Hall–Kier alpha value is -2.96. The summed E-state index contributed by atoms with van der Waals surface area (Å²) in [5.41, 5.74) is 2.25. The SMILES string of the molecule is CCNC(=NCc1cc2c(cc1OC)CC(C)O2)NC1CCN(c2ccccn2)CC1. The Morgan fingerprint density at radius 3 is 2.84 bits per heavy atom. The maximum absolute atomic E-state index is 5.92. The van der Waals surface area contributed by atoms with E-state index in [1.165, 1.54) is 5.56 Å². The summed E-state index contributed by atoms with van der Waals surface area (Å²) < 4.78 is 11.5. The number of hydrogen-bond acceptors (Lipinski definition) is 5. The van der Waals surface area contributed by atoms with Crippen molar-refractivity contribution in [2.45, 2.75) is 51.8 Å². The van der Waals surface area contributed by atoms with Crippen molar-refractivity contribution in [1.29, 1.82) is 0 Å². The highest BCUT2D eigenvalue weighted by molar-refractivity contribution is 5.80. The third-order valence-corrected chi connectivity index (χ3v) is 5.86. The van der Waals surface area contributed by atoms with Crippen molar-refractivity contribution in [3.63, 3.8) is 0 Å². The van der Waals surface area contributed by atoms with E-state index in [4.69, 9.17) is 14.5 Å². The van der Waals surface area contributed by atoms with Crippen LogP contribution < -0.4 is 25.0 Å². The van der Waals surface area contributed by atoms with Crippen molar-refractivity contribution in [2.75, 3.05) is 31.6 Å². The molecule has 1 unspecified atom stereocenters. The van der Waals surface area contributed by atoms with E-state index >= 15 is 0 Å². The minimum atomic E-state index is 0.217. The first-order chi connectivity index (χ1) is 15.2. The third kappa shape index (κ3) is 5.21. The zero-order valence-corrected chi connectivity index (χ0v) is 18.7. The molecule has 31 heavy (non-hydrogen) atoms. The number of rotatable bonds is 6. The molecule has 7 heteroatoms. The van der Waals surface area contributed by atoms with Crippen LogP contribution in [0.4, 0.5) is 5.82 Å². The summed E-state index contributed by atoms with van der Waals surface area (Å²) in [6, 6.07) is 10.6. The largest absolute Gasteiger partial charge is 0.496 e. The predicted octanol–water partition coefficient (Wildman–Crippen LogP) is 3.14. The molecule has 2 aliphatic rings. The Balaban J connectivity index is 1.39.